The van der Waals surface area contributed by atoms with E-state index < -0.39 is 0 Å². The van der Waals surface area contributed by atoms with Crippen LogP contribution in [0.2, 0.25) is 0 Å². The molecule has 0 aliphatic rings. The van der Waals surface area contributed by atoms with E-state index in [4.69, 9.17) is 10.00 Å². The summed E-state index contributed by atoms with van der Waals surface area (Å²) in [5.74, 6) is 2.24. The summed E-state index contributed by atoms with van der Waals surface area (Å²) in [6.07, 6.45) is 2.48. The maximum atomic E-state index is 8.72. The van der Waals surface area contributed by atoms with Gasteiger partial charge in [-0.1, -0.05) is 26.0 Å². The van der Waals surface area contributed by atoms with Crippen LogP contribution in [0, 0.1) is 17.2 Å². The molecule has 0 unspecified atom stereocenters. The fourth-order valence-corrected chi connectivity index (χ4v) is 1.91. The van der Waals surface area contributed by atoms with Gasteiger partial charge in [-0.15, -0.1) is 0 Å². The highest BCUT2D eigenvalue weighted by atomic mass is 16.5. The summed E-state index contributed by atoms with van der Waals surface area (Å²) in [5, 5.41) is 12.0. The first-order valence-electron chi connectivity index (χ1n) is 7.49. The zero-order valence-electron chi connectivity index (χ0n) is 13.0. The van der Waals surface area contributed by atoms with Crippen molar-refractivity contribution in [3.8, 4) is 11.8 Å². The zero-order chi connectivity index (χ0) is 15.8. The maximum absolute atomic E-state index is 8.72. The number of aromatic nitrogens is 1. The molecule has 4 nitrogen and oxygen atoms in total. The standard InChI is InChI=1S/C18H21N3O/c1-14(2)13-22-17-6-3-15(4-7-17)9-10-20-18-8-5-16(11-19)12-21-18/h3-8,12,14H,9-10,13H2,1-2H3,(H,20,21). The lowest BCUT2D eigenvalue weighted by molar-refractivity contribution is 0.271. The number of nitrogens with one attached hydrogen (secondary N) is 1. The molecule has 0 bridgehead atoms. The molecule has 0 atom stereocenters. The molecule has 0 radical (unpaired) electrons. The molecule has 0 amide bonds. The van der Waals surface area contributed by atoms with Crippen LogP contribution in [-0.4, -0.2) is 18.1 Å². The van der Waals surface area contributed by atoms with Crippen molar-refractivity contribution in [2.75, 3.05) is 18.5 Å². The van der Waals surface area contributed by atoms with Crippen molar-refractivity contribution in [3.05, 3.63) is 53.7 Å². The van der Waals surface area contributed by atoms with Crippen LogP contribution in [0.4, 0.5) is 5.82 Å². The Balaban J connectivity index is 1.77. The Morgan fingerprint density at radius 2 is 1.95 bits per heavy atom. The van der Waals surface area contributed by atoms with Crippen LogP contribution in [0.3, 0.4) is 0 Å². The number of ether oxygens (including phenoxy) is 1. The molecular weight excluding hydrogens is 274 g/mol. The minimum Gasteiger partial charge on any atom is -0.493 e. The van der Waals surface area contributed by atoms with Crippen molar-refractivity contribution in [1.29, 1.82) is 5.26 Å². The molecule has 0 saturated heterocycles. The number of rotatable bonds is 7. The Hall–Kier alpha value is -2.54. The summed E-state index contributed by atoms with van der Waals surface area (Å²) in [5.41, 5.74) is 1.82. The van der Waals surface area contributed by atoms with Gasteiger partial charge in [0.05, 0.1) is 12.2 Å². The number of anilines is 1. The second-order valence-corrected chi connectivity index (χ2v) is 5.57. The third-order valence-electron chi connectivity index (χ3n) is 3.12. The largest absolute Gasteiger partial charge is 0.493 e. The quantitative estimate of drug-likeness (QED) is 0.847. The van der Waals surface area contributed by atoms with Crippen molar-refractivity contribution < 1.29 is 4.74 Å². The molecule has 1 aromatic heterocycles. The highest BCUT2D eigenvalue weighted by Crippen LogP contribution is 2.14. The van der Waals surface area contributed by atoms with Crippen molar-refractivity contribution in [2.45, 2.75) is 20.3 Å². The molecule has 2 aromatic rings. The van der Waals surface area contributed by atoms with Crippen LogP contribution in [-0.2, 0) is 6.42 Å². The zero-order valence-corrected chi connectivity index (χ0v) is 13.0. The van der Waals surface area contributed by atoms with E-state index in [0.717, 1.165) is 31.1 Å². The Morgan fingerprint density at radius 1 is 1.18 bits per heavy atom. The van der Waals surface area contributed by atoms with E-state index in [1.807, 2.05) is 18.2 Å². The summed E-state index contributed by atoms with van der Waals surface area (Å²) >= 11 is 0. The Kier molecular flexibility index (Phi) is 5.79. The van der Waals surface area contributed by atoms with Gasteiger partial charge in [0.2, 0.25) is 0 Å². The minimum atomic E-state index is 0.531. The second kappa shape index (κ2) is 8.04. The molecule has 0 aliphatic heterocycles. The summed E-state index contributed by atoms with van der Waals surface area (Å²) < 4.78 is 5.67. The van der Waals surface area contributed by atoms with E-state index in [-0.39, 0.29) is 0 Å². The van der Waals surface area contributed by atoms with Gasteiger partial charge in [-0.25, -0.2) is 4.98 Å². The number of nitriles is 1. The normalized spacial score (nSPS) is 10.3. The highest BCUT2D eigenvalue weighted by Gasteiger charge is 1.99. The predicted octanol–water partition coefficient (Wildman–Crippen LogP) is 3.64. The van der Waals surface area contributed by atoms with Crippen LogP contribution in [0.15, 0.2) is 42.6 Å². The topological polar surface area (TPSA) is 57.9 Å². The lowest BCUT2D eigenvalue weighted by Gasteiger charge is -2.09. The fraction of sp³-hybridized carbons (Fsp3) is 0.333. The van der Waals surface area contributed by atoms with Crippen LogP contribution in [0.5, 0.6) is 5.75 Å². The molecule has 2 rings (SSSR count). The number of hydrogen-bond donors (Lipinski definition) is 1. The van der Waals surface area contributed by atoms with Gasteiger partial charge in [0.15, 0.2) is 0 Å². The summed E-state index contributed by atoms with van der Waals surface area (Å²) in [7, 11) is 0. The summed E-state index contributed by atoms with van der Waals surface area (Å²) in [6.45, 7) is 5.81. The third kappa shape index (κ3) is 5.10. The third-order valence-corrected chi connectivity index (χ3v) is 3.12. The monoisotopic (exact) mass is 295 g/mol. The summed E-state index contributed by atoms with van der Waals surface area (Å²) in [4.78, 5) is 4.18. The molecule has 1 N–H and O–H groups in total. The fourth-order valence-electron chi connectivity index (χ4n) is 1.91. The van der Waals surface area contributed by atoms with Crippen molar-refractivity contribution >= 4 is 5.82 Å². The van der Waals surface area contributed by atoms with Crippen molar-refractivity contribution in [1.82, 2.24) is 4.98 Å². The van der Waals surface area contributed by atoms with Gasteiger partial charge in [0.25, 0.3) is 0 Å². The van der Waals surface area contributed by atoms with E-state index in [9.17, 15) is 0 Å². The SMILES string of the molecule is CC(C)COc1ccc(CCNc2ccc(C#N)cn2)cc1. The van der Waals surface area contributed by atoms with Crippen LogP contribution >= 0.6 is 0 Å². The molecule has 1 aromatic carbocycles. The van der Waals surface area contributed by atoms with Gasteiger partial charge in [-0.2, -0.15) is 5.26 Å². The molecule has 22 heavy (non-hydrogen) atoms. The molecule has 1 heterocycles. The van der Waals surface area contributed by atoms with Gasteiger partial charge in [0.1, 0.15) is 17.6 Å². The van der Waals surface area contributed by atoms with Crippen LogP contribution in [0.25, 0.3) is 0 Å². The molecule has 0 spiro atoms. The minimum absolute atomic E-state index is 0.531. The number of nitrogens with zero attached hydrogens (tertiary/aromatic N) is 2. The smallest absolute Gasteiger partial charge is 0.125 e. The van der Waals surface area contributed by atoms with E-state index >= 15 is 0 Å². The van der Waals surface area contributed by atoms with Gasteiger partial charge in [-0.3, -0.25) is 0 Å². The van der Waals surface area contributed by atoms with Gasteiger partial charge >= 0.3 is 0 Å². The molecule has 0 saturated carbocycles. The summed E-state index contributed by atoms with van der Waals surface area (Å²) in [6, 6.07) is 13.8. The first-order valence-corrected chi connectivity index (χ1v) is 7.49. The lowest BCUT2D eigenvalue weighted by Crippen LogP contribution is -2.06. The first kappa shape index (κ1) is 15.8. The molecule has 0 aliphatic carbocycles. The number of benzene rings is 1. The predicted molar refractivity (Wildman–Crippen MR) is 87.9 cm³/mol. The molecular formula is C18H21N3O. The van der Waals surface area contributed by atoms with Gasteiger partial charge < -0.3 is 10.1 Å². The van der Waals surface area contributed by atoms with Gasteiger partial charge in [0, 0.05) is 12.7 Å². The average Bonchev–Trinajstić information content (AvgIpc) is 2.55. The Morgan fingerprint density at radius 3 is 2.55 bits per heavy atom. The second-order valence-electron chi connectivity index (χ2n) is 5.57. The average molecular weight is 295 g/mol. The lowest BCUT2D eigenvalue weighted by atomic mass is 10.1. The Labute approximate surface area is 131 Å². The van der Waals surface area contributed by atoms with E-state index in [2.05, 4.69) is 42.4 Å². The van der Waals surface area contributed by atoms with Crippen molar-refractivity contribution in [2.24, 2.45) is 5.92 Å². The van der Waals surface area contributed by atoms with Crippen LogP contribution < -0.4 is 10.1 Å². The molecule has 0 fully saturated rings. The number of pyridine rings is 1. The van der Waals surface area contributed by atoms with E-state index in [0.29, 0.717) is 11.5 Å². The molecule has 4 heteroatoms. The number of hydrogen-bond acceptors (Lipinski definition) is 4. The van der Waals surface area contributed by atoms with Gasteiger partial charge in [-0.05, 0) is 42.2 Å². The highest BCUT2D eigenvalue weighted by molar-refractivity contribution is 5.39. The van der Waals surface area contributed by atoms with Crippen molar-refractivity contribution in [3.63, 3.8) is 0 Å². The van der Waals surface area contributed by atoms with E-state index in [1.165, 1.54) is 5.56 Å². The Bertz CT molecular complexity index is 612. The first-order chi connectivity index (χ1) is 10.7. The maximum Gasteiger partial charge on any atom is 0.125 e. The van der Waals surface area contributed by atoms with E-state index in [1.54, 1.807) is 12.3 Å². The molecule has 114 valence electrons. The van der Waals surface area contributed by atoms with Crippen LogP contribution in [0.1, 0.15) is 25.0 Å².